The molecular formula is C22H27N5O4. The topological polar surface area (TPSA) is 98.1 Å². The molecule has 0 fully saturated rings. The number of benzene rings is 1. The number of ether oxygens (including phenoxy) is 2. The summed E-state index contributed by atoms with van der Waals surface area (Å²) in [5.41, 5.74) is 1.76. The van der Waals surface area contributed by atoms with Gasteiger partial charge < -0.3 is 14.4 Å². The van der Waals surface area contributed by atoms with Gasteiger partial charge in [-0.2, -0.15) is 9.61 Å². The Labute approximate surface area is 181 Å². The van der Waals surface area contributed by atoms with E-state index in [0.29, 0.717) is 23.8 Å². The van der Waals surface area contributed by atoms with Crippen molar-refractivity contribution in [1.82, 2.24) is 19.5 Å². The Morgan fingerprint density at radius 1 is 1.19 bits per heavy atom. The number of aryl methyl sites for hydroxylation is 1. The molecule has 9 heteroatoms. The molecule has 2 aromatic heterocycles. The number of urea groups is 1. The summed E-state index contributed by atoms with van der Waals surface area (Å²) in [5, 5.41) is 7.19. The molecule has 0 aliphatic carbocycles. The maximum absolute atomic E-state index is 12.7. The van der Waals surface area contributed by atoms with Gasteiger partial charge in [-0.3, -0.25) is 5.32 Å². The van der Waals surface area contributed by atoms with Crippen molar-refractivity contribution in [2.45, 2.75) is 39.8 Å². The van der Waals surface area contributed by atoms with E-state index < -0.39 is 11.6 Å². The fraction of sp³-hybridized carbons (Fsp3) is 0.364. The number of hydrogen-bond acceptors (Lipinski definition) is 6. The minimum Gasteiger partial charge on any atom is -0.482 e. The number of fused-ring (bicyclic) bond motifs is 1. The second-order valence-corrected chi connectivity index (χ2v) is 8.19. The molecule has 0 radical (unpaired) electrons. The van der Waals surface area contributed by atoms with Crippen LogP contribution in [0.2, 0.25) is 0 Å². The molecule has 2 amide bonds. The molecule has 3 aromatic rings. The molecule has 9 nitrogen and oxygen atoms in total. The number of amides is 2. The monoisotopic (exact) mass is 425 g/mol. The zero-order chi connectivity index (χ0) is 22.6. The van der Waals surface area contributed by atoms with Crippen LogP contribution in [-0.4, -0.2) is 50.8 Å². The summed E-state index contributed by atoms with van der Waals surface area (Å²) < 4.78 is 12.4. The fourth-order valence-corrected chi connectivity index (χ4v) is 2.90. The first kappa shape index (κ1) is 22.1. The van der Waals surface area contributed by atoms with Crippen molar-refractivity contribution in [2.24, 2.45) is 0 Å². The van der Waals surface area contributed by atoms with Crippen molar-refractivity contribution in [1.29, 1.82) is 0 Å². The van der Waals surface area contributed by atoms with Gasteiger partial charge in [0.1, 0.15) is 17.2 Å². The van der Waals surface area contributed by atoms with Crippen molar-refractivity contribution < 1.29 is 19.1 Å². The first-order valence-electron chi connectivity index (χ1n) is 9.88. The first-order valence-corrected chi connectivity index (χ1v) is 9.88. The summed E-state index contributed by atoms with van der Waals surface area (Å²) in [7, 11) is 1.69. The van der Waals surface area contributed by atoms with E-state index in [1.165, 1.54) is 4.90 Å². The average molecular weight is 425 g/mol. The van der Waals surface area contributed by atoms with Crippen LogP contribution in [0.25, 0.3) is 5.65 Å². The molecule has 0 aliphatic rings. The number of rotatable bonds is 6. The van der Waals surface area contributed by atoms with E-state index in [1.54, 1.807) is 56.7 Å². The van der Waals surface area contributed by atoms with Gasteiger partial charge in [-0.25, -0.2) is 14.6 Å². The standard InChI is InChI=1S/C22H27N5O4/c1-15-11-19-23-10-9-18(27(19)25-15)24-21(29)26(5)13-16-7-6-8-17(12-16)30-14-20(28)31-22(2,3)4/h6-12H,13-14H2,1-5H3,(H,24,29). The van der Waals surface area contributed by atoms with Gasteiger partial charge in [-0.05, 0) is 51.5 Å². The Bertz CT molecular complexity index is 1090. The smallest absolute Gasteiger partial charge is 0.344 e. The molecule has 31 heavy (non-hydrogen) atoms. The van der Waals surface area contributed by atoms with E-state index in [-0.39, 0.29) is 12.6 Å². The van der Waals surface area contributed by atoms with E-state index >= 15 is 0 Å². The SMILES string of the molecule is Cc1cc2nccc(NC(=O)N(C)Cc3cccc(OCC(=O)OC(C)(C)C)c3)n2n1. The van der Waals surface area contributed by atoms with Gasteiger partial charge in [0.05, 0.1) is 5.69 Å². The molecule has 164 valence electrons. The number of carbonyl (C=O) groups is 2. The van der Waals surface area contributed by atoms with Crippen LogP contribution in [0.5, 0.6) is 5.75 Å². The highest BCUT2D eigenvalue weighted by molar-refractivity contribution is 5.88. The van der Waals surface area contributed by atoms with Gasteiger partial charge in [-0.15, -0.1) is 0 Å². The van der Waals surface area contributed by atoms with Gasteiger partial charge in [0.2, 0.25) is 0 Å². The van der Waals surface area contributed by atoms with Crippen LogP contribution in [0.3, 0.4) is 0 Å². The van der Waals surface area contributed by atoms with E-state index in [2.05, 4.69) is 15.4 Å². The molecule has 0 aliphatic heterocycles. The number of esters is 1. The zero-order valence-corrected chi connectivity index (χ0v) is 18.4. The van der Waals surface area contributed by atoms with Crippen LogP contribution in [0.15, 0.2) is 42.6 Å². The molecule has 2 heterocycles. The second-order valence-electron chi connectivity index (χ2n) is 8.19. The molecule has 0 unspecified atom stereocenters. The number of carbonyl (C=O) groups excluding carboxylic acids is 2. The Kier molecular flexibility index (Phi) is 6.43. The van der Waals surface area contributed by atoms with Crippen LogP contribution < -0.4 is 10.1 Å². The number of aromatic nitrogens is 3. The lowest BCUT2D eigenvalue weighted by molar-refractivity contribution is -0.157. The third-order valence-electron chi connectivity index (χ3n) is 4.16. The van der Waals surface area contributed by atoms with Crippen molar-refractivity contribution in [3.05, 3.63) is 53.9 Å². The fourth-order valence-electron chi connectivity index (χ4n) is 2.90. The van der Waals surface area contributed by atoms with Crippen molar-refractivity contribution in [3.8, 4) is 5.75 Å². The lowest BCUT2D eigenvalue weighted by Gasteiger charge is -2.20. The molecule has 0 atom stereocenters. The zero-order valence-electron chi connectivity index (χ0n) is 18.4. The number of nitrogens with one attached hydrogen (secondary N) is 1. The van der Waals surface area contributed by atoms with Crippen molar-refractivity contribution in [3.63, 3.8) is 0 Å². The normalized spacial score (nSPS) is 11.3. The highest BCUT2D eigenvalue weighted by atomic mass is 16.6. The van der Waals surface area contributed by atoms with Crippen LogP contribution in [-0.2, 0) is 16.1 Å². The van der Waals surface area contributed by atoms with Crippen LogP contribution in [0.4, 0.5) is 10.6 Å². The Hall–Kier alpha value is -3.62. The second kappa shape index (κ2) is 9.03. The van der Waals surface area contributed by atoms with Crippen LogP contribution in [0, 0.1) is 6.92 Å². The quantitative estimate of drug-likeness (QED) is 0.608. The summed E-state index contributed by atoms with van der Waals surface area (Å²) >= 11 is 0. The van der Waals surface area contributed by atoms with Crippen molar-refractivity contribution in [2.75, 3.05) is 19.0 Å². The lowest BCUT2D eigenvalue weighted by atomic mass is 10.2. The molecule has 0 bridgehead atoms. The molecule has 0 saturated carbocycles. The number of nitrogens with zero attached hydrogens (tertiary/aromatic N) is 4. The average Bonchev–Trinajstić information content (AvgIpc) is 3.06. The molecule has 3 rings (SSSR count). The van der Waals surface area contributed by atoms with E-state index in [9.17, 15) is 9.59 Å². The maximum Gasteiger partial charge on any atom is 0.344 e. The van der Waals surface area contributed by atoms with Crippen LogP contribution in [0.1, 0.15) is 32.0 Å². The highest BCUT2D eigenvalue weighted by Crippen LogP contribution is 2.17. The third-order valence-corrected chi connectivity index (χ3v) is 4.16. The van der Waals surface area contributed by atoms with Gasteiger partial charge >= 0.3 is 12.0 Å². The predicted molar refractivity (Wildman–Crippen MR) is 116 cm³/mol. The number of anilines is 1. The highest BCUT2D eigenvalue weighted by Gasteiger charge is 2.17. The lowest BCUT2D eigenvalue weighted by Crippen LogP contribution is -2.31. The molecule has 1 N–H and O–H groups in total. The van der Waals surface area contributed by atoms with E-state index in [4.69, 9.17) is 9.47 Å². The summed E-state index contributed by atoms with van der Waals surface area (Å²) in [6.07, 6.45) is 1.62. The summed E-state index contributed by atoms with van der Waals surface area (Å²) in [5.74, 6) is 0.622. The minimum absolute atomic E-state index is 0.182. The summed E-state index contributed by atoms with van der Waals surface area (Å²) in [6, 6.07) is 10.5. The van der Waals surface area contributed by atoms with Gasteiger partial charge in [0.25, 0.3) is 0 Å². The summed E-state index contributed by atoms with van der Waals surface area (Å²) in [4.78, 5) is 30.3. The van der Waals surface area contributed by atoms with Gasteiger partial charge in [0, 0.05) is 25.9 Å². The van der Waals surface area contributed by atoms with E-state index in [1.807, 2.05) is 25.1 Å². The van der Waals surface area contributed by atoms with Crippen molar-refractivity contribution >= 4 is 23.5 Å². The Morgan fingerprint density at radius 2 is 1.97 bits per heavy atom. The molecular weight excluding hydrogens is 398 g/mol. The molecule has 1 aromatic carbocycles. The van der Waals surface area contributed by atoms with Gasteiger partial charge in [0.15, 0.2) is 12.3 Å². The number of hydrogen-bond donors (Lipinski definition) is 1. The Balaban J connectivity index is 1.59. The largest absolute Gasteiger partial charge is 0.482 e. The van der Waals surface area contributed by atoms with E-state index in [0.717, 1.165) is 11.3 Å². The molecule has 0 spiro atoms. The maximum atomic E-state index is 12.7. The Morgan fingerprint density at radius 3 is 2.71 bits per heavy atom. The first-order chi connectivity index (χ1) is 14.6. The molecule has 0 saturated heterocycles. The summed E-state index contributed by atoms with van der Waals surface area (Å²) in [6.45, 7) is 7.44. The van der Waals surface area contributed by atoms with Gasteiger partial charge in [-0.1, -0.05) is 12.1 Å². The minimum atomic E-state index is -0.562. The predicted octanol–water partition coefficient (Wildman–Crippen LogP) is 3.42. The van der Waals surface area contributed by atoms with Crippen LogP contribution >= 0.6 is 0 Å². The third kappa shape index (κ3) is 6.18.